The number of urea groups is 1. The Kier molecular flexibility index (Phi) is 6.05. The first-order chi connectivity index (χ1) is 15.8. The molecular weight excluding hydrogens is 442 g/mol. The Morgan fingerprint density at radius 3 is 2.39 bits per heavy atom. The van der Waals surface area contributed by atoms with Gasteiger partial charge in [0.15, 0.2) is 0 Å². The molecule has 1 fully saturated rings. The van der Waals surface area contributed by atoms with Gasteiger partial charge in [-0.2, -0.15) is 0 Å². The van der Waals surface area contributed by atoms with Gasteiger partial charge in [-0.15, -0.1) is 11.3 Å². The third kappa shape index (κ3) is 4.99. The summed E-state index contributed by atoms with van der Waals surface area (Å²) in [5.41, 5.74) is 2.74. The Bertz CT molecular complexity index is 1280. The van der Waals surface area contributed by atoms with Crippen molar-refractivity contribution in [2.45, 2.75) is 6.92 Å². The van der Waals surface area contributed by atoms with Crippen molar-refractivity contribution in [3.63, 3.8) is 0 Å². The van der Waals surface area contributed by atoms with Crippen LogP contribution in [0.15, 0.2) is 66.4 Å². The number of aryl methyl sites for hydroxylation is 1. The van der Waals surface area contributed by atoms with Crippen LogP contribution in [0.4, 0.5) is 10.5 Å². The minimum atomic E-state index is -0.995. The maximum atomic E-state index is 12.7. The van der Waals surface area contributed by atoms with Crippen LogP contribution in [0, 0.1) is 6.92 Å². The molecule has 2 heterocycles. The van der Waals surface area contributed by atoms with Gasteiger partial charge in [-0.3, -0.25) is 9.59 Å². The molecule has 0 bridgehead atoms. The number of amides is 4. The van der Waals surface area contributed by atoms with Gasteiger partial charge in [-0.05, 0) is 55.0 Å². The Labute approximate surface area is 193 Å². The monoisotopic (exact) mass is 461 g/mol. The number of aromatic carboxylic acids is 1. The first-order valence-corrected chi connectivity index (χ1v) is 10.8. The minimum absolute atomic E-state index is 0.0813. The molecule has 1 aliphatic heterocycles. The SMILES string of the molecule is Cc1ccc(NC(=O)CN2C(=O)N/C(=C\c3ccc(-c4ccc(C(=O)O)cc4)s3)C2=O)cc1. The molecule has 8 nitrogen and oxygen atoms in total. The normalized spacial score (nSPS) is 14.5. The molecule has 1 aromatic heterocycles. The van der Waals surface area contributed by atoms with Crippen molar-refractivity contribution in [1.82, 2.24) is 10.2 Å². The summed E-state index contributed by atoms with van der Waals surface area (Å²) in [5, 5.41) is 14.2. The first kappa shape index (κ1) is 22.0. The highest BCUT2D eigenvalue weighted by Gasteiger charge is 2.35. The second-order valence-electron chi connectivity index (χ2n) is 7.38. The van der Waals surface area contributed by atoms with Crippen LogP contribution in [0.25, 0.3) is 16.5 Å². The Morgan fingerprint density at radius 2 is 1.73 bits per heavy atom. The lowest BCUT2D eigenvalue weighted by Crippen LogP contribution is -2.38. The van der Waals surface area contributed by atoms with Crippen LogP contribution in [0.5, 0.6) is 0 Å². The van der Waals surface area contributed by atoms with E-state index in [-0.39, 0.29) is 11.3 Å². The number of thiophene rings is 1. The van der Waals surface area contributed by atoms with E-state index in [9.17, 15) is 19.2 Å². The minimum Gasteiger partial charge on any atom is -0.478 e. The fourth-order valence-electron chi connectivity index (χ4n) is 3.20. The molecule has 1 saturated heterocycles. The van der Waals surface area contributed by atoms with Gasteiger partial charge in [0.25, 0.3) is 5.91 Å². The molecule has 0 aliphatic carbocycles. The molecule has 0 spiro atoms. The third-order valence-corrected chi connectivity index (χ3v) is 6.01. The second kappa shape index (κ2) is 9.09. The molecule has 0 saturated carbocycles. The lowest BCUT2D eigenvalue weighted by molar-refractivity contribution is -0.127. The average molecular weight is 461 g/mol. The van der Waals surface area contributed by atoms with Crippen LogP contribution in [0.1, 0.15) is 20.8 Å². The Morgan fingerprint density at radius 1 is 1.03 bits per heavy atom. The maximum Gasteiger partial charge on any atom is 0.335 e. The van der Waals surface area contributed by atoms with Crippen molar-refractivity contribution in [3.05, 3.63) is 82.4 Å². The highest BCUT2D eigenvalue weighted by molar-refractivity contribution is 7.16. The van der Waals surface area contributed by atoms with Crippen LogP contribution in [-0.4, -0.2) is 40.4 Å². The van der Waals surface area contributed by atoms with E-state index in [1.54, 1.807) is 36.4 Å². The van der Waals surface area contributed by atoms with Crippen LogP contribution in [0.3, 0.4) is 0 Å². The topological polar surface area (TPSA) is 116 Å². The summed E-state index contributed by atoms with van der Waals surface area (Å²) in [6, 6.07) is 16.6. The van der Waals surface area contributed by atoms with E-state index in [0.29, 0.717) is 5.69 Å². The predicted molar refractivity (Wildman–Crippen MR) is 125 cm³/mol. The number of carboxylic acid groups (broad SMARTS) is 1. The summed E-state index contributed by atoms with van der Waals surface area (Å²) in [7, 11) is 0. The van der Waals surface area contributed by atoms with Crippen molar-refractivity contribution in [1.29, 1.82) is 0 Å². The van der Waals surface area contributed by atoms with Gasteiger partial charge < -0.3 is 15.7 Å². The molecule has 0 unspecified atom stereocenters. The molecule has 4 amide bonds. The number of carbonyl (C=O) groups is 4. The quantitative estimate of drug-likeness (QED) is 0.380. The smallest absolute Gasteiger partial charge is 0.335 e. The molecule has 1 aliphatic rings. The lowest BCUT2D eigenvalue weighted by Gasteiger charge is -2.12. The van der Waals surface area contributed by atoms with E-state index < -0.39 is 30.4 Å². The van der Waals surface area contributed by atoms with E-state index in [1.165, 1.54) is 23.5 Å². The molecule has 0 radical (unpaired) electrons. The molecule has 4 rings (SSSR count). The van der Waals surface area contributed by atoms with Crippen molar-refractivity contribution < 1.29 is 24.3 Å². The van der Waals surface area contributed by atoms with Crippen molar-refractivity contribution in [3.8, 4) is 10.4 Å². The number of imide groups is 1. The van der Waals surface area contributed by atoms with Gasteiger partial charge in [-0.25, -0.2) is 14.5 Å². The number of carbonyl (C=O) groups excluding carboxylic acids is 3. The van der Waals surface area contributed by atoms with E-state index >= 15 is 0 Å². The zero-order chi connectivity index (χ0) is 23.5. The molecule has 0 atom stereocenters. The highest BCUT2D eigenvalue weighted by Crippen LogP contribution is 2.30. The van der Waals surface area contributed by atoms with Crippen LogP contribution < -0.4 is 10.6 Å². The van der Waals surface area contributed by atoms with Crippen molar-refractivity contribution in [2.75, 3.05) is 11.9 Å². The zero-order valence-electron chi connectivity index (χ0n) is 17.5. The Hall–Kier alpha value is -4.24. The first-order valence-electron chi connectivity index (χ1n) is 9.95. The van der Waals surface area contributed by atoms with E-state index in [2.05, 4.69) is 10.6 Å². The van der Waals surface area contributed by atoms with Crippen molar-refractivity contribution in [2.24, 2.45) is 0 Å². The van der Waals surface area contributed by atoms with Crippen molar-refractivity contribution >= 4 is 46.9 Å². The van der Waals surface area contributed by atoms with Gasteiger partial charge in [-0.1, -0.05) is 29.8 Å². The van der Waals surface area contributed by atoms with Crippen LogP contribution in [-0.2, 0) is 9.59 Å². The second-order valence-corrected chi connectivity index (χ2v) is 8.49. The van der Waals surface area contributed by atoms with Gasteiger partial charge in [0, 0.05) is 15.4 Å². The molecule has 33 heavy (non-hydrogen) atoms. The number of carboxylic acids is 1. The van der Waals surface area contributed by atoms with E-state index in [4.69, 9.17) is 5.11 Å². The van der Waals surface area contributed by atoms with Gasteiger partial charge in [0.05, 0.1) is 5.56 Å². The summed E-state index contributed by atoms with van der Waals surface area (Å²) in [5.74, 6) is -2.06. The summed E-state index contributed by atoms with van der Waals surface area (Å²) in [6.07, 6.45) is 1.55. The summed E-state index contributed by atoms with van der Waals surface area (Å²) in [4.78, 5) is 50.7. The number of hydrogen-bond acceptors (Lipinski definition) is 5. The number of hydrogen-bond donors (Lipinski definition) is 3. The maximum absolute atomic E-state index is 12.7. The number of anilines is 1. The standard InChI is InChI=1S/C24H19N3O5S/c1-14-2-8-17(9-3-14)25-21(28)13-27-22(29)19(26-24(27)32)12-18-10-11-20(33-18)15-4-6-16(7-5-15)23(30)31/h2-12H,13H2,1H3,(H,25,28)(H,26,32)(H,30,31)/b19-12-. The van der Waals surface area contributed by atoms with Crippen LogP contribution >= 0.6 is 11.3 Å². The molecule has 2 aromatic carbocycles. The predicted octanol–water partition coefficient (Wildman–Crippen LogP) is 3.95. The molecular formula is C24H19N3O5S. The molecule has 9 heteroatoms. The largest absolute Gasteiger partial charge is 0.478 e. The number of nitrogens with one attached hydrogen (secondary N) is 2. The lowest BCUT2D eigenvalue weighted by atomic mass is 10.1. The van der Waals surface area contributed by atoms with Gasteiger partial charge in [0.1, 0.15) is 12.2 Å². The Balaban J connectivity index is 1.43. The highest BCUT2D eigenvalue weighted by atomic mass is 32.1. The fraction of sp³-hybridized carbons (Fsp3) is 0.0833. The molecule has 3 aromatic rings. The number of benzene rings is 2. The fourth-order valence-corrected chi connectivity index (χ4v) is 4.16. The zero-order valence-corrected chi connectivity index (χ0v) is 18.3. The average Bonchev–Trinajstić information content (AvgIpc) is 3.36. The van der Waals surface area contributed by atoms with E-state index in [1.807, 2.05) is 25.1 Å². The van der Waals surface area contributed by atoms with Gasteiger partial charge >= 0.3 is 12.0 Å². The summed E-state index contributed by atoms with van der Waals surface area (Å²) in [6.45, 7) is 1.53. The summed E-state index contributed by atoms with van der Waals surface area (Å²) < 4.78 is 0. The third-order valence-electron chi connectivity index (χ3n) is 4.93. The van der Waals surface area contributed by atoms with Gasteiger partial charge in [0.2, 0.25) is 5.91 Å². The van der Waals surface area contributed by atoms with Crippen LogP contribution in [0.2, 0.25) is 0 Å². The van der Waals surface area contributed by atoms with E-state index in [0.717, 1.165) is 25.8 Å². The molecule has 166 valence electrons. The number of nitrogens with zero attached hydrogens (tertiary/aromatic N) is 1. The summed E-state index contributed by atoms with van der Waals surface area (Å²) >= 11 is 1.38. The molecule has 3 N–H and O–H groups in total. The number of rotatable bonds is 6.